The van der Waals surface area contributed by atoms with Gasteiger partial charge in [0.05, 0.1) is 5.56 Å². The zero-order chi connectivity index (χ0) is 15.7. The maximum atomic E-state index is 12.5. The van der Waals surface area contributed by atoms with Crippen LogP contribution >= 0.6 is 0 Å². The molecule has 0 radical (unpaired) electrons. The quantitative estimate of drug-likeness (QED) is 0.721. The number of rotatable bonds is 3. The number of H-pyrrole nitrogens is 1. The number of benzene rings is 1. The van der Waals surface area contributed by atoms with Gasteiger partial charge in [-0.2, -0.15) is 0 Å². The number of pyridine rings is 1. The van der Waals surface area contributed by atoms with Crippen LogP contribution < -0.4 is 5.56 Å². The summed E-state index contributed by atoms with van der Waals surface area (Å²) in [5.41, 5.74) is 0.00961. The second kappa shape index (κ2) is 5.33. The largest absolute Gasteiger partial charge is 0.507 e. The van der Waals surface area contributed by atoms with E-state index in [1.165, 1.54) is 16.8 Å². The van der Waals surface area contributed by atoms with Crippen molar-refractivity contribution < 1.29 is 9.90 Å². The molecule has 0 aliphatic heterocycles. The topological polar surface area (TPSA) is 88.0 Å². The number of hydrogen-bond acceptors (Lipinski definition) is 4. The molecule has 0 fully saturated rings. The van der Waals surface area contributed by atoms with Crippen LogP contribution in [0.5, 0.6) is 5.75 Å². The maximum absolute atomic E-state index is 12.5. The molecular weight excluding hydrogens is 282 g/mol. The Bertz CT molecular complexity index is 894. The van der Waals surface area contributed by atoms with Gasteiger partial charge < -0.3 is 5.11 Å². The number of phenols is 1. The number of carbonyl (C=O) groups is 1. The third kappa shape index (κ3) is 2.20. The van der Waals surface area contributed by atoms with Crippen LogP contribution in [-0.4, -0.2) is 25.7 Å². The number of phenolic OH excluding ortho intramolecular Hbond substituents is 1. The van der Waals surface area contributed by atoms with Gasteiger partial charge in [-0.25, -0.2) is 9.67 Å². The standard InChI is InChI=1S/C16H13N3O3/c1-10-14(15(21)11-6-2-3-7-12(11)20)16(22)19(18-10)13-8-4-5-9-17-13/h2-9,18,20H,1H3. The fraction of sp³-hybridized carbons (Fsp3) is 0.0625. The lowest BCUT2D eigenvalue weighted by Gasteiger charge is -2.01. The fourth-order valence-corrected chi connectivity index (χ4v) is 2.26. The Morgan fingerprint density at radius 1 is 1.18 bits per heavy atom. The van der Waals surface area contributed by atoms with Crippen molar-refractivity contribution in [2.75, 3.05) is 0 Å². The maximum Gasteiger partial charge on any atom is 0.284 e. The van der Waals surface area contributed by atoms with Crippen molar-refractivity contribution in [2.24, 2.45) is 0 Å². The average molecular weight is 295 g/mol. The summed E-state index contributed by atoms with van der Waals surface area (Å²) in [6.45, 7) is 1.63. The Balaban J connectivity index is 2.14. The lowest BCUT2D eigenvalue weighted by molar-refractivity contribution is 0.103. The van der Waals surface area contributed by atoms with E-state index in [0.29, 0.717) is 11.5 Å². The predicted molar refractivity (Wildman–Crippen MR) is 80.5 cm³/mol. The summed E-state index contributed by atoms with van der Waals surface area (Å²) in [5, 5.41) is 12.6. The van der Waals surface area contributed by atoms with Gasteiger partial charge in [0.25, 0.3) is 5.56 Å². The number of hydrogen-bond donors (Lipinski definition) is 2. The van der Waals surface area contributed by atoms with Gasteiger partial charge in [-0.3, -0.25) is 14.7 Å². The second-order valence-corrected chi connectivity index (χ2v) is 4.79. The van der Waals surface area contributed by atoms with Gasteiger partial charge in [0.2, 0.25) is 5.78 Å². The first kappa shape index (κ1) is 13.8. The molecule has 110 valence electrons. The number of nitrogens with one attached hydrogen (secondary N) is 1. The predicted octanol–water partition coefficient (Wildman–Crippen LogP) is 1.81. The Morgan fingerprint density at radius 2 is 1.91 bits per heavy atom. The minimum atomic E-state index is -0.522. The number of nitrogens with zero attached hydrogens (tertiary/aromatic N) is 2. The number of ketones is 1. The molecule has 0 bridgehead atoms. The van der Waals surface area contributed by atoms with Crippen molar-refractivity contribution in [2.45, 2.75) is 6.92 Å². The van der Waals surface area contributed by atoms with Crippen molar-refractivity contribution in [3.63, 3.8) is 0 Å². The van der Waals surface area contributed by atoms with Crippen LogP contribution in [0.2, 0.25) is 0 Å². The molecule has 0 amide bonds. The van der Waals surface area contributed by atoms with E-state index < -0.39 is 11.3 Å². The highest BCUT2D eigenvalue weighted by Gasteiger charge is 2.22. The van der Waals surface area contributed by atoms with E-state index in [2.05, 4.69) is 10.1 Å². The van der Waals surface area contributed by atoms with Crippen molar-refractivity contribution in [1.29, 1.82) is 0 Å². The summed E-state index contributed by atoms with van der Waals surface area (Å²) >= 11 is 0. The van der Waals surface area contributed by atoms with E-state index in [9.17, 15) is 14.7 Å². The summed E-state index contributed by atoms with van der Waals surface area (Å²) in [7, 11) is 0. The smallest absolute Gasteiger partial charge is 0.284 e. The number of aryl methyl sites for hydroxylation is 1. The summed E-state index contributed by atoms with van der Waals surface area (Å²) in [4.78, 5) is 29.1. The Kier molecular flexibility index (Phi) is 3.34. The molecule has 6 nitrogen and oxygen atoms in total. The van der Waals surface area contributed by atoms with Crippen molar-refractivity contribution >= 4 is 5.78 Å². The molecule has 2 aromatic heterocycles. The number of aromatic amines is 1. The van der Waals surface area contributed by atoms with E-state index in [1.807, 2.05) is 0 Å². The first-order chi connectivity index (χ1) is 10.6. The summed E-state index contributed by atoms with van der Waals surface area (Å²) in [6, 6.07) is 11.3. The van der Waals surface area contributed by atoms with Gasteiger partial charge in [-0.1, -0.05) is 18.2 Å². The Labute approximate surface area is 125 Å². The zero-order valence-electron chi connectivity index (χ0n) is 11.8. The molecule has 22 heavy (non-hydrogen) atoms. The molecule has 0 aliphatic carbocycles. The molecule has 0 saturated carbocycles. The van der Waals surface area contributed by atoms with Crippen LogP contribution in [-0.2, 0) is 0 Å². The highest BCUT2D eigenvalue weighted by Crippen LogP contribution is 2.19. The molecule has 0 aliphatic rings. The molecule has 2 N–H and O–H groups in total. The molecule has 2 heterocycles. The number of aromatic nitrogens is 3. The first-order valence-corrected chi connectivity index (χ1v) is 6.65. The van der Waals surface area contributed by atoms with Gasteiger partial charge >= 0.3 is 0 Å². The highest BCUT2D eigenvalue weighted by atomic mass is 16.3. The molecular formula is C16H13N3O3. The number of aromatic hydroxyl groups is 1. The normalized spacial score (nSPS) is 10.6. The van der Waals surface area contributed by atoms with Gasteiger partial charge in [-0.05, 0) is 31.2 Å². The van der Waals surface area contributed by atoms with Crippen LogP contribution in [0, 0.1) is 6.92 Å². The van der Waals surface area contributed by atoms with Crippen LogP contribution in [0.3, 0.4) is 0 Å². The Morgan fingerprint density at radius 3 is 2.59 bits per heavy atom. The number of para-hydroxylation sites is 1. The molecule has 3 rings (SSSR count). The Hall–Kier alpha value is -3.15. The van der Waals surface area contributed by atoms with Gasteiger partial charge in [0, 0.05) is 11.9 Å². The highest BCUT2D eigenvalue weighted by molar-refractivity contribution is 6.11. The minimum absolute atomic E-state index is 0.00727. The monoisotopic (exact) mass is 295 g/mol. The SMILES string of the molecule is Cc1[nH]n(-c2ccccn2)c(=O)c1C(=O)c1ccccc1O. The lowest BCUT2D eigenvalue weighted by atomic mass is 10.0. The molecule has 0 unspecified atom stereocenters. The van der Waals surface area contributed by atoms with Gasteiger partial charge in [0.15, 0.2) is 5.82 Å². The second-order valence-electron chi connectivity index (χ2n) is 4.79. The minimum Gasteiger partial charge on any atom is -0.507 e. The van der Waals surface area contributed by atoms with Crippen LogP contribution in [0.15, 0.2) is 53.5 Å². The summed E-state index contributed by atoms with van der Waals surface area (Å²) in [5.74, 6) is -0.282. The van der Waals surface area contributed by atoms with Gasteiger partial charge in [0.1, 0.15) is 11.3 Å². The third-order valence-corrected chi connectivity index (χ3v) is 3.33. The first-order valence-electron chi connectivity index (χ1n) is 6.65. The fourth-order valence-electron chi connectivity index (χ4n) is 2.26. The van der Waals surface area contributed by atoms with Gasteiger partial charge in [-0.15, -0.1) is 0 Å². The van der Waals surface area contributed by atoms with E-state index >= 15 is 0 Å². The molecule has 6 heteroatoms. The molecule has 0 spiro atoms. The van der Waals surface area contributed by atoms with E-state index in [4.69, 9.17) is 0 Å². The van der Waals surface area contributed by atoms with Crippen molar-refractivity contribution in [3.8, 4) is 11.6 Å². The third-order valence-electron chi connectivity index (χ3n) is 3.33. The number of carbonyl (C=O) groups excluding carboxylic acids is 1. The van der Waals surface area contributed by atoms with Crippen LogP contribution in [0.4, 0.5) is 0 Å². The van der Waals surface area contributed by atoms with Crippen LogP contribution in [0.1, 0.15) is 21.6 Å². The lowest BCUT2D eigenvalue weighted by Crippen LogP contribution is -2.21. The average Bonchev–Trinajstić information content (AvgIpc) is 2.83. The molecule has 0 atom stereocenters. The van der Waals surface area contributed by atoms with Crippen molar-refractivity contribution in [3.05, 3.63) is 75.8 Å². The van der Waals surface area contributed by atoms with E-state index in [1.54, 1.807) is 43.5 Å². The van der Waals surface area contributed by atoms with Crippen molar-refractivity contribution in [1.82, 2.24) is 14.8 Å². The zero-order valence-corrected chi connectivity index (χ0v) is 11.8. The van der Waals surface area contributed by atoms with E-state index in [-0.39, 0.29) is 16.9 Å². The molecule has 3 aromatic rings. The van der Waals surface area contributed by atoms with E-state index in [0.717, 1.165) is 0 Å². The summed E-state index contributed by atoms with van der Waals surface area (Å²) in [6.07, 6.45) is 1.56. The molecule has 1 aromatic carbocycles. The summed E-state index contributed by atoms with van der Waals surface area (Å²) < 4.78 is 1.21. The molecule has 0 saturated heterocycles. The van der Waals surface area contributed by atoms with Crippen LogP contribution in [0.25, 0.3) is 5.82 Å².